The molecule has 1 saturated heterocycles. The molecule has 1 aliphatic heterocycles. The first-order valence-corrected chi connectivity index (χ1v) is 16.2. The van der Waals surface area contributed by atoms with Gasteiger partial charge in [-0.1, -0.05) is 19.1 Å². The number of nitrogens with zero attached hydrogens (tertiary/aromatic N) is 8. The van der Waals surface area contributed by atoms with Crippen molar-refractivity contribution in [3.05, 3.63) is 63.0 Å². The first-order chi connectivity index (χ1) is 21.0. The maximum absolute atomic E-state index is 13.3. The second kappa shape index (κ2) is 13.5. The normalized spacial score (nSPS) is 13.9. The lowest BCUT2D eigenvalue weighted by Gasteiger charge is -2.35. The van der Waals surface area contributed by atoms with Crippen LogP contribution in [-0.4, -0.2) is 84.9 Å². The standard InChI is InChI=1S/C31H39ClN8O3S/c1-6-8-25-34-23(20-44-25)19-40-27-24(17-33-40)26(35-29(32)36-27)38-13-15-39(16-14-38)28(41)22-11-9-21(10-12-22)18-37(7-2)30(42)43-31(3,4)5/h9-12,17,20H,6-8,13-16,18-19H2,1-5H3. The number of benzene rings is 1. The number of carbonyl (C=O) groups excluding carboxylic acids is 2. The van der Waals surface area contributed by atoms with E-state index in [0.29, 0.717) is 57.0 Å². The number of carbonyl (C=O) groups is 2. The third-order valence-corrected chi connectivity index (χ3v) is 8.42. The molecule has 11 nitrogen and oxygen atoms in total. The monoisotopic (exact) mass is 638 g/mol. The number of halogens is 1. The molecule has 13 heteroatoms. The van der Waals surface area contributed by atoms with Crippen molar-refractivity contribution in [2.24, 2.45) is 0 Å². The maximum Gasteiger partial charge on any atom is 0.410 e. The molecule has 234 valence electrons. The van der Waals surface area contributed by atoms with Crippen molar-refractivity contribution in [2.75, 3.05) is 37.6 Å². The fraction of sp³-hybridized carbons (Fsp3) is 0.484. The predicted octanol–water partition coefficient (Wildman–Crippen LogP) is 5.66. The molecule has 44 heavy (non-hydrogen) atoms. The summed E-state index contributed by atoms with van der Waals surface area (Å²) in [5.74, 6) is 0.693. The fourth-order valence-corrected chi connectivity index (χ4v) is 6.14. The molecule has 0 bridgehead atoms. The summed E-state index contributed by atoms with van der Waals surface area (Å²) >= 11 is 8.05. The van der Waals surface area contributed by atoms with Gasteiger partial charge in [0.1, 0.15) is 11.4 Å². The van der Waals surface area contributed by atoms with E-state index in [1.807, 2.05) is 61.5 Å². The van der Waals surface area contributed by atoms with Crippen LogP contribution in [0.4, 0.5) is 10.6 Å². The minimum absolute atomic E-state index is 0.0277. The van der Waals surface area contributed by atoms with Crippen molar-refractivity contribution >= 4 is 51.8 Å². The van der Waals surface area contributed by atoms with Gasteiger partial charge >= 0.3 is 6.09 Å². The van der Waals surface area contributed by atoms with Crippen molar-refractivity contribution in [1.29, 1.82) is 0 Å². The number of anilines is 1. The number of hydrogen-bond acceptors (Lipinski definition) is 9. The van der Waals surface area contributed by atoms with Crippen molar-refractivity contribution < 1.29 is 14.3 Å². The zero-order valence-corrected chi connectivity index (χ0v) is 27.5. The van der Waals surface area contributed by atoms with Crippen LogP contribution in [0.15, 0.2) is 35.8 Å². The maximum atomic E-state index is 13.3. The van der Waals surface area contributed by atoms with Gasteiger partial charge in [0.15, 0.2) is 5.65 Å². The average molecular weight is 639 g/mol. The zero-order valence-electron chi connectivity index (χ0n) is 25.9. The number of thiazole rings is 1. The van der Waals surface area contributed by atoms with E-state index in [1.165, 1.54) is 0 Å². The van der Waals surface area contributed by atoms with E-state index in [1.54, 1.807) is 22.4 Å². The highest BCUT2D eigenvalue weighted by Crippen LogP contribution is 2.27. The smallest absolute Gasteiger partial charge is 0.410 e. The van der Waals surface area contributed by atoms with E-state index in [0.717, 1.165) is 40.3 Å². The summed E-state index contributed by atoms with van der Waals surface area (Å²) in [6.45, 7) is 13.3. The number of amides is 2. The molecule has 4 heterocycles. The largest absolute Gasteiger partial charge is 0.444 e. The molecule has 4 aromatic rings. The second-order valence-corrected chi connectivity index (χ2v) is 13.1. The van der Waals surface area contributed by atoms with Gasteiger partial charge in [0, 0.05) is 50.2 Å². The molecule has 1 aromatic carbocycles. The van der Waals surface area contributed by atoms with Gasteiger partial charge in [0.25, 0.3) is 5.91 Å². The average Bonchev–Trinajstić information content (AvgIpc) is 3.61. The Bertz CT molecular complexity index is 1610. The highest BCUT2D eigenvalue weighted by Gasteiger charge is 2.26. The molecule has 0 radical (unpaired) electrons. The van der Waals surface area contributed by atoms with Crippen LogP contribution in [0.5, 0.6) is 0 Å². The quantitative estimate of drug-likeness (QED) is 0.216. The summed E-state index contributed by atoms with van der Waals surface area (Å²) in [7, 11) is 0. The Labute approximate surface area is 266 Å². The number of fused-ring (bicyclic) bond motifs is 1. The summed E-state index contributed by atoms with van der Waals surface area (Å²) in [6.07, 6.45) is 3.45. The molecule has 3 aromatic heterocycles. The fourth-order valence-electron chi connectivity index (χ4n) is 5.08. The van der Waals surface area contributed by atoms with E-state index >= 15 is 0 Å². The van der Waals surface area contributed by atoms with E-state index in [2.05, 4.69) is 32.3 Å². The Morgan fingerprint density at radius 3 is 2.43 bits per heavy atom. The molecule has 0 N–H and O–H groups in total. The van der Waals surface area contributed by atoms with Crippen LogP contribution in [0.25, 0.3) is 11.0 Å². The van der Waals surface area contributed by atoms with Crippen LogP contribution in [0.1, 0.15) is 67.7 Å². The molecular weight excluding hydrogens is 600 g/mol. The highest BCUT2D eigenvalue weighted by atomic mass is 35.5. The Morgan fingerprint density at radius 1 is 1.05 bits per heavy atom. The molecule has 0 saturated carbocycles. The predicted molar refractivity (Wildman–Crippen MR) is 172 cm³/mol. The van der Waals surface area contributed by atoms with Gasteiger partial charge in [0.2, 0.25) is 5.28 Å². The number of piperazine rings is 1. The summed E-state index contributed by atoms with van der Waals surface area (Å²) in [5.41, 5.74) is 2.60. The van der Waals surface area contributed by atoms with Gasteiger partial charge in [-0.2, -0.15) is 15.1 Å². The van der Waals surface area contributed by atoms with Crippen molar-refractivity contribution in [2.45, 2.75) is 66.2 Å². The summed E-state index contributed by atoms with van der Waals surface area (Å²) in [5, 5.41) is 8.75. The SMILES string of the molecule is CCCc1nc(Cn2ncc3c(N4CCN(C(=O)c5ccc(CN(CC)C(=O)OC(C)(C)C)cc5)CC4)nc(Cl)nc32)cs1. The Balaban J connectivity index is 1.21. The number of rotatable bonds is 9. The number of aryl methyl sites for hydroxylation is 1. The Kier molecular flexibility index (Phi) is 9.69. The molecule has 5 rings (SSSR count). The molecule has 0 unspecified atom stereocenters. The van der Waals surface area contributed by atoms with E-state index < -0.39 is 5.60 Å². The third kappa shape index (κ3) is 7.47. The lowest BCUT2D eigenvalue weighted by molar-refractivity contribution is 0.0244. The van der Waals surface area contributed by atoms with Gasteiger partial charge < -0.3 is 19.4 Å². The lowest BCUT2D eigenvalue weighted by Crippen LogP contribution is -2.49. The highest BCUT2D eigenvalue weighted by molar-refractivity contribution is 7.09. The molecule has 1 fully saturated rings. The molecular formula is C31H39ClN8O3S. The van der Waals surface area contributed by atoms with Crippen LogP contribution in [-0.2, 0) is 24.2 Å². The van der Waals surface area contributed by atoms with E-state index in [9.17, 15) is 9.59 Å². The van der Waals surface area contributed by atoms with Gasteiger partial charge in [-0.15, -0.1) is 11.3 Å². The van der Waals surface area contributed by atoms with Crippen LogP contribution in [0.2, 0.25) is 5.28 Å². The van der Waals surface area contributed by atoms with E-state index in [4.69, 9.17) is 21.3 Å². The van der Waals surface area contributed by atoms with Crippen LogP contribution in [0.3, 0.4) is 0 Å². The van der Waals surface area contributed by atoms with Crippen LogP contribution >= 0.6 is 22.9 Å². The Hall–Kier alpha value is -3.77. The molecule has 0 spiro atoms. The molecule has 0 aliphatic carbocycles. The van der Waals surface area contributed by atoms with Crippen LogP contribution < -0.4 is 4.90 Å². The number of hydrogen-bond donors (Lipinski definition) is 0. The minimum Gasteiger partial charge on any atom is -0.444 e. The Morgan fingerprint density at radius 2 is 1.77 bits per heavy atom. The summed E-state index contributed by atoms with van der Waals surface area (Å²) < 4.78 is 7.32. The molecule has 1 aliphatic rings. The van der Waals surface area contributed by atoms with Crippen molar-refractivity contribution in [3.8, 4) is 0 Å². The van der Waals surface area contributed by atoms with Crippen molar-refractivity contribution in [3.63, 3.8) is 0 Å². The van der Waals surface area contributed by atoms with Crippen molar-refractivity contribution in [1.82, 2.24) is 34.5 Å². The second-order valence-electron chi connectivity index (χ2n) is 11.8. The first-order valence-electron chi connectivity index (χ1n) is 15.0. The summed E-state index contributed by atoms with van der Waals surface area (Å²) in [4.78, 5) is 45.2. The lowest BCUT2D eigenvalue weighted by atomic mass is 10.1. The minimum atomic E-state index is -0.557. The van der Waals surface area contributed by atoms with Gasteiger partial charge in [0.05, 0.1) is 28.8 Å². The zero-order chi connectivity index (χ0) is 31.4. The molecule has 2 amide bonds. The third-order valence-electron chi connectivity index (χ3n) is 7.30. The van der Waals surface area contributed by atoms with Crippen LogP contribution in [0, 0.1) is 0 Å². The van der Waals surface area contributed by atoms with E-state index in [-0.39, 0.29) is 17.3 Å². The topological polar surface area (TPSA) is 110 Å². The number of ether oxygens (including phenoxy) is 1. The van der Waals surface area contributed by atoms with Gasteiger partial charge in [-0.05, 0) is 69.8 Å². The first kappa shape index (κ1) is 31.6. The number of aromatic nitrogens is 5. The molecule has 0 atom stereocenters. The summed E-state index contributed by atoms with van der Waals surface area (Å²) in [6, 6.07) is 7.43. The van der Waals surface area contributed by atoms with Gasteiger partial charge in [-0.3, -0.25) is 4.79 Å². The van der Waals surface area contributed by atoms with Gasteiger partial charge in [-0.25, -0.2) is 14.5 Å².